The van der Waals surface area contributed by atoms with Gasteiger partial charge in [-0.2, -0.15) is 4.98 Å². The van der Waals surface area contributed by atoms with Crippen molar-refractivity contribution in [1.82, 2.24) is 15.0 Å². The Bertz CT molecular complexity index is 861. The van der Waals surface area contributed by atoms with Gasteiger partial charge in [0, 0.05) is 24.2 Å². The zero-order chi connectivity index (χ0) is 17.1. The summed E-state index contributed by atoms with van der Waals surface area (Å²) in [6.45, 7) is 7.69. The van der Waals surface area contributed by atoms with Crippen molar-refractivity contribution in [3.8, 4) is 11.6 Å². The normalized spacial score (nSPS) is 10.8. The first-order valence-corrected chi connectivity index (χ1v) is 8.03. The first-order valence-electron chi connectivity index (χ1n) is 8.03. The van der Waals surface area contributed by atoms with Crippen molar-refractivity contribution >= 4 is 22.4 Å². The molecule has 0 bridgehead atoms. The Kier molecular flexibility index (Phi) is 4.46. The van der Waals surface area contributed by atoms with E-state index < -0.39 is 0 Å². The summed E-state index contributed by atoms with van der Waals surface area (Å²) in [5, 5.41) is 1.01. The van der Waals surface area contributed by atoms with Gasteiger partial charge in [-0.05, 0) is 32.9 Å². The lowest BCUT2D eigenvalue weighted by molar-refractivity contribution is 0.468. The third-order valence-corrected chi connectivity index (χ3v) is 3.92. The van der Waals surface area contributed by atoms with Gasteiger partial charge in [0.05, 0.1) is 0 Å². The van der Waals surface area contributed by atoms with Gasteiger partial charge < -0.3 is 15.4 Å². The van der Waals surface area contributed by atoms with Crippen LogP contribution in [0.2, 0.25) is 0 Å². The molecule has 0 saturated carbocycles. The van der Waals surface area contributed by atoms with Crippen molar-refractivity contribution in [2.45, 2.75) is 20.8 Å². The van der Waals surface area contributed by atoms with E-state index in [2.05, 4.69) is 33.7 Å². The van der Waals surface area contributed by atoms with Crippen LogP contribution in [0.5, 0.6) is 11.6 Å². The highest BCUT2D eigenvalue weighted by Gasteiger charge is 2.15. The van der Waals surface area contributed by atoms with Gasteiger partial charge in [0.2, 0.25) is 5.88 Å². The first kappa shape index (κ1) is 16.0. The van der Waals surface area contributed by atoms with Gasteiger partial charge in [-0.25, -0.2) is 9.97 Å². The number of rotatable bonds is 5. The summed E-state index contributed by atoms with van der Waals surface area (Å²) in [6, 6.07) is 9.79. The lowest BCUT2D eigenvalue weighted by atomic mass is 10.2. The maximum atomic E-state index is 6.25. The number of ether oxygens (including phenoxy) is 1. The van der Waals surface area contributed by atoms with Gasteiger partial charge in [0.15, 0.2) is 11.6 Å². The van der Waals surface area contributed by atoms with E-state index in [1.807, 2.05) is 37.3 Å². The quantitative estimate of drug-likeness (QED) is 0.773. The van der Waals surface area contributed by atoms with E-state index in [1.54, 1.807) is 0 Å². The molecule has 0 spiro atoms. The summed E-state index contributed by atoms with van der Waals surface area (Å²) >= 11 is 0. The monoisotopic (exact) mass is 323 g/mol. The van der Waals surface area contributed by atoms with Crippen molar-refractivity contribution in [3.63, 3.8) is 0 Å². The maximum absolute atomic E-state index is 6.25. The van der Waals surface area contributed by atoms with E-state index in [0.29, 0.717) is 23.1 Å². The third kappa shape index (κ3) is 2.95. The van der Waals surface area contributed by atoms with Crippen LogP contribution in [0.4, 0.5) is 11.5 Å². The second-order valence-electron chi connectivity index (χ2n) is 5.47. The van der Waals surface area contributed by atoms with Crippen LogP contribution in [-0.2, 0) is 0 Å². The lowest BCUT2D eigenvalue weighted by Gasteiger charge is -2.21. The Labute approximate surface area is 141 Å². The fourth-order valence-corrected chi connectivity index (χ4v) is 2.63. The highest BCUT2D eigenvalue weighted by atomic mass is 16.5. The molecule has 0 amide bonds. The molecular formula is C18H21N5O. The molecule has 0 radical (unpaired) electrons. The minimum absolute atomic E-state index is 0.350. The van der Waals surface area contributed by atoms with Crippen molar-refractivity contribution < 1.29 is 4.74 Å². The fraction of sp³-hybridized carbons (Fsp3) is 0.278. The second-order valence-corrected chi connectivity index (χ2v) is 5.47. The Morgan fingerprint density at radius 1 is 1.08 bits per heavy atom. The van der Waals surface area contributed by atoms with Crippen LogP contribution in [0.3, 0.4) is 0 Å². The standard InChI is InChI=1S/C18H21N5O/c1-4-23(5-2)17-15(19)18(21-11-20-17)24-14-8-6-7-13-10-9-12(3)22-16(13)14/h6-11H,4-5,19H2,1-3H3. The molecule has 0 aliphatic heterocycles. The van der Waals surface area contributed by atoms with Gasteiger partial charge in [-0.1, -0.05) is 18.2 Å². The molecule has 0 unspecified atom stereocenters. The Morgan fingerprint density at radius 3 is 2.62 bits per heavy atom. The molecule has 2 aromatic heterocycles. The van der Waals surface area contributed by atoms with Crippen LogP contribution in [0.1, 0.15) is 19.5 Å². The van der Waals surface area contributed by atoms with Gasteiger partial charge in [-0.15, -0.1) is 0 Å². The zero-order valence-electron chi connectivity index (χ0n) is 14.2. The molecule has 1 aromatic carbocycles. The number of aromatic nitrogens is 3. The Morgan fingerprint density at radius 2 is 1.88 bits per heavy atom. The minimum atomic E-state index is 0.350. The zero-order valence-corrected chi connectivity index (χ0v) is 14.2. The van der Waals surface area contributed by atoms with Gasteiger partial charge >= 0.3 is 0 Å². The molecule has 3 rings (SSSR count). The fourth-order valence-electron chi connectivity index (χ4n) is 2.63. The molecule has 6 nitrogen and oxygen atoms in total. The van der Waals surface area contributed by atoms with Gasteiger partial charge in [0.1, 0.15) is 17.5 Å². The average molecular weight is 323 g/mol. The van der Waals surface area contributed by atoms with E-state index in [0.717, 1.165) is 29.7 Å². The summed E-state index contributed by atoms with van der Waals surface area (Å²) < 4.78 is 5.99. The number of nitrogen functional groups attached to an aromatic ring is 1. The number of hydrogen-bond donors (Lipinski definition) is 1. The van der Waals surface area contributed by atoms with E-state index in [-0.39, 0.29) is 0 Å². The molecule has 2 heterocycles. The number of benzene rings is 1. The molecule has 0 atom stereocenters. The van der Waals surface area contributed by atoms with Crippen LogP contribution in [0.15, 0.2) is 36.7 Å². The summed E-state index contributed by atoms with van der Waals surface area (Å²) in [5.41, 5.74) is 8.40. The summed E-state index contributed by atoms with van der Waals surface area (Å²) in [4.78, 5) is 15.1. The SMILES string of the molecule is CCN(CC)c1ncnc(Oc2cccc3ccc(C)nc23)c1N. The van der Waals surface area contributed by atoms with Crippen LogP contribution >= 0.6 is 0 Å². The van der Waals surface area contributed by atoms with Crippen LogP contribution in [-0.4, -0.2) is 28.0 Å². The molecule has 0 fully saturated rings. The highest BCUT2D eigenvalue weighted by molar-refractivity contribution is 5.85. The topological polar surface area (TPSA) is 77.2 Å². The third-order valence-electron chi connectivity index (χ3n) is 3.92. The number of fused-ring (bicyclic) bond motifs is 1. The molecule has 24 heavy (non-hydrogen) atoms. The predicted molar refractivity (Wildman–Crippen MR) is 96.6 cm³/mol. The molecular weight excluding hydrogens is 302 g/mol. The van der Waals surface area contributed by atoms with Crippen molar-refractivity contribution in [2.24, 2.45) is 0 Å². The molecule has 0 aliphatic carbocycles. The van der Waals surface area contributed by atoms with E-state index in [1.165, 1.54) is 6.33 Å². The lowest BCUT2D eigenvalue weighted by Crippen LogP contribution is -2.24. The number of nitrogens with zero attached hydrogens (tertiary/aromatic N) is 4. The molecule has 2 N–H and O–H groups in total. The van der Waals surface area contributed by atoms with Crippen LogP contribution in [0, 0.1) is 6.92 Å². The molecule has 6 heteroatoms. The molecule has 3 aromatic rings. The average Bonchev–Trinajstić information content (AvgIpc) is 2.59. The highest BCUT2D eigenvalue weighted by Crippen LogP contribution is 2.34. The Balaban J connectivity index is 2.03. The summed E-state index contributed by atoms with van der Waals surface area (Å²) in [6.07, 6.45) is 1.48. The van der Waals surface area contributed by atoms with Gasteiger partial charge in [0.25, 0.3) is 0 Å². The van der Waals surface area contributed by atoms with E-state index in [9.17, 15) is 0 Å². The number of anilines is 2. The molecule has 0 aliphatic rings. The number of nitrogens with two attached hydrogens (primary N) is 1. The number of hydrogen-bond acceptors (Lipinski definition) is 6. The van der Waals surface area contributed by atoms with Crippen molar-refractivity contribution in [2.75, 3.05) is 23.7 Å². The first-order chi connectivity index (χ1) is 11.6. The van der Waals surface area contributed by atoms with Crippen LogP contribution in [0.25, 0.3) is 10.9 Å². The van der Waals surface area contributed by atoms with Crippen molar-refractivity contribution in [3.05, 3.63) is 42.4 Å². The largest absolute Gasteiger partial charge is 0.435 e. The maximum Gasteiger partial charge on any atom is 0.248 e. The smallest absolute Gasteiger partial charge is 0.248 e. The summed E-state index contributed by atoms with van der Waals surface area (Å²) in [5.74, 6) is 1.67. The second kappa shape index (κ2) is 6.70. The van der Waals surface area contributed by atoms with E-state index >= 15 is 0 Å². The van der Waals surface area contributed by atoms with Crippen molar-refractivity contribution in [1.29, 1.82) is 0 Å². The predicted octanol–water partition coefficient (Wildman–Crippen LogP) is 3.55. The van der Waals surface area contributed by atoms with Gasteiger partial charge in [-0.3, -0.25) is 0 Å². The number of aryl methyl sites for hydroxylation is 1. The molecule has 124 valence electrons. The number of pyridine rings is 1. The number of para-hydroxylation sites is 1. The van der Waals surface area contributed by atoms with Crippen LogP contribution < -0.4 is 15.4 Å². The molecule has 0 saturated heterocycles. The minimum Gasteiger partial charge on any atom is -0.435 e. The van der Waals surface area contributed by atoms with E-state index in [4.69, 9.17) is 10.5 Å². The summed E-state index contributed by atoms with van der Waals surface area (Å²) in [7, 11) is 0. The Hall–Kier alpha value is -2.89.